The molecule has 21 heavy (non-hydrogen) atoms. The Morgan fingerprint density at radius 3 is 3.10 bits per heavy atom. The van der Waals surface area contributed by atoms with Crippen LogP contribution in [0.1, 0.15) is 13.3 Å². The van der Waals surface area contributed by atoms with Gasteiger partial charge in [-0.2, -0.15) is 15.0 Å². The Morgan fingerprint density at radius 1 is 1.43 bits per heavy atom. The van der Waals surface area contributed by atoms with Gasteiger partial charge in [-0.1, -0.05) is 0 Å². The van der Waals surface area contributed by atoms with Gasteiger partial charge in [0.1, 0.15) is 6.33 Å². The first-order valence-corrected chi connectivity index (χ1v) is 7.04. The second-order valence-electron chi connectivity index (χ2n) is 4.78. The highest BCUT2D eigenvalue weighted by Gasteiger charge is 2.17. The molecule has 0 bridgehead atoms. The van der Waals surface area contributed by atoms with Gasteiger partial charge in [0.15, 0.2) is 0 Å². The summed E-state index contributed by atoms with van der Waals surface area (Å²) in [6.45, 7) is 4.80. The van der Waals surface area contributed by atoms with Crippen molar-refractivity contribution >= 4 is 5.95 Å². The summed E-state index contributed by atoms with van der Waals surface area (Å²) in [5, 5.41) is 3.08. The molecular formula is C13H18N6O2. The number of anilines is 1. The Balaban J connectivity index is 1.77. The lowest BCUT2D eigenvalue weighted by atomic mass is 10.1. The molecule has 0 radical (unpaired) electrons. The van der Waals surface area contributed by atoms with E-state index in [1.807, 2.05) is 6.92 Å². The maximum atomic E-state index is 5.70. The predicted molar refractivity (Wildman–Crippen MR) is 75.5 cm³/mol. The molecule has 8 heteroatoms. The highest BCUT2D eigenvalue weighted by Crippen LogP contribution is 2.15. The van der Waals surface area contributed by atoms with Crippen molar-refractivity contribution in [2.75, 3.05) is 31.7 Å². The maximum Gasteiger partial charge on any atom is 0.323 e. The zero-order valence-corrected chi connectivity index (χ0v) is 11.9. The number of nitrogens with zero attached hydrogens (tertiary/aromatic N) is 5. The van der Waals surface area contributed by atoms with Crippen molar-refractivity contribution in [3.8, 4) is 12.0 Å². The van der Waals surface area contributed by atoms with Crippen molar-refractivity contribution in [1.82, 2.24) is 24.5 Å². The van der Waals surface area contributed by atoms with E-state index in [4.69, 9.17) is 9.47 Å². The van der Waals surface area contributed by atoms with Gasteiger partial charge in [-0.25, -0.2) is 4.98 Å². The van der Waals surface area contributed by atoms with E-state index in [2.05, 4.69) is 25.3 Å². The number of ether oxygens (including phenoxy) is 2. The van der Waals surface area contributed by atoms with Crippen LogP contribution < -0.4 is 10.1 Å². The number of imidazole rings is 1. The van der Waals surface area contributed by atoms with Crippen LogP contribution in [0.5, 0.6) is 6.01 Å². The molecule has 3 rings (SSSR count). The van der Waals surface area contributed by atoms with E-state index in [-0.39, 0.29) is 0 Å². The predicted octanol–water partition coefficient (Wildman–Crippen LogP) is 0.904. The van der Waals surface area contributed by atoms with Gasteiger partial charge in [0.25, 0.3) is 0 Å². The Labute approximate surface area is 122 Å². The number of hydrogen-bond donors (Lipinski definition) is 1. The minimum Gasteiger partial charge on any atom is -0.463 e. The highest BCUT2D eigenvalue weighted by molar-refractivity contribution is 5.30. The van der Waals surface area contributed by atoms with Crippen molar-refractivity contribution in [1.29, 1.82) is 0 Å². The average molecular weight is 290 g/mol. The fourth-order valence-corrected chi connectivity index (χ4v) is 2.05. The third kappa shape index (κ3) is 3.46. The molecule has 1 unspecified atom stereocenters. The summed E-state index contributed by atoms with van der Waals surface area (Å²) in [6, 6.07) is 0.316. The van der Waals surface area contributed by atoms with Crippen molar-refractivity contribution in [2.24, 2.45) is 5.92 Å². The molecule has 8 nitrogen and oxygen atoms in total. The first kappa shape index (κ1) is 13.7. The van der Waals surface area contributed by atoms with Gasteiger partial charge in [-0.3, -0.25) is 4.57 Å². The van der Waals surface area contributed by atoms with Crippen LogP contribution in [0.15, 0.2) is 18.7 Å². The summed E-state index contributed by atoms with van der Waals surface area (Å²) in [5.41, 5.74) is 0. The van der Waals surface area contributed by atoms with E-state index in [1.54, 1.807) is 23.3 Å². The zero-order valence-electron chi connectivity index (χ0n) is 11.9. The van der Waals surface area contributed by atoms with Crippen LogP contribution in [-0.2, 0) is 4.74 Å². The van der Waals surface area contributed by atoms with Crippen molar-refractivity contribution in [3.63, 3.8) is 0 Å². The molecule has 0 saturated carbocycles. The molecule has 1 atom stereocenters. The standard InChI is InChI=1S/C13H18N6O2/c1-2-15-11-16-12(19-5-4-14-9-19)18-13(17-11)21-8-10-3-6-20-7-10/h4-5,9-10H,2-3,6-8H2,1H3,(H,15,16,17,18). The SMILES string of the molecule is CCNc1nc(OCC2CCOC2)nc(-n2ccnc2)n1. The Morgan fingerprint density at radius 2 is 2.38 bits per heavy atom. The summed E-state index contributed by atoms with van der Waals surface area (Å²) in [6.07, 6.45) is 6.10. The molecule has 2 aromatic heterocycles. The third-order valence-electron chi connectivity index (χ3n) is 3.15. The molecule has 0 amide bonds. The Hall–Kier alpha value is -2.22. The van der Waals surface area contributed by atoms with Crippen molar-refractivity contribution in [3.05, 3.63) is 18.7 Å². The maximum absolute atomic E-state index is 5.70. The van der Waals surface area contributed by atoms with Crippen molar-refractivity contribution in [2.45, 2.75) is 13.3 Å². The Kier molecular flexibility index (Phi) is 4.25. The molecule has 1 N–H and O–H groups in total. The zero-order chi connectivity index (χ0) is 14.5. The van der Waals surface area contributed by atoms with Crippen LogP contribution in [-0.4, -0.2) is 50.9 Å². The topological polar surface area (TPSA) is 87.0 Å². The van der Waals surface area contributed by atoms with Gasteiger partial charge in [0.2, 0.25) is 11.9 Å². The Bertz CT molecular complexity index is 568. The molecule has 0 aromatic carbocycles. The van der Waals surface area contributed by atoms with E-state index < -0.39 is 0 Å². The molecule has 1 fully saturated rings. The molecular weight excluding hydrogens is 272 g/mol. The summed E-state index contributed by atoms with van der Waals surface area (Å²) < 4.78 is 12.7. The first-order chi connectivity index (χ1) is 10.3. The van der Waals surface area contributed by atoms with E-state index >= 15 is 0 Å². The van der Waals surface area contributed by atoms with Gasteiger partial charge in [-0.15, -0.1) is 0 Å². The van der Waals surface area contributed by atoms with Crippen LogP contribution in [0.4, 0.5) is 5.95 Å². The van der Waals surface area contributed by atoms with Crippen LogP contribution in [0.3, 0.4) is 0 Å². The van der Waals surface area contributed by atoms with Gasteiger partial charge < -0.3 is 14.8 Å². The van der Waals surface area contributed by atoms with Crippen molar-refractivity contribution < 1.29 is 9.47 Å². The van der Waals surface area contributed by atoms with Gasteiger partial charge in [-0.05, 0) is 13.3 Å². The molecule has 1 saturated heterocycles. The monoisotopic (exact) mass is 290 g/mol. The molecule has 112 valence electrons. The number of rotatable bonds is 6. The second kappa shape index (κ2) is 6.49. The largest absolute Gasteiger partial charge is 0.463 e. The van der Waals surface area contributed by atoms with E-state index in [9.17, 15) is 0 Å². The summed E-state index contributed by atoms with van der Waals surface area (Å²) in [4.78, 5) is 16.9. The molecule has 0 aliphatic carbocycles. The quantitative estimate of drug-likeness (QED) is 0.845. The minimum absolute atomic E-state index is 0.316. The van der Waals surface area contributed by atoms with Gasteiger partial charge in [0, 0.05) is 31.5 Å². The van der Waals surface area contributed by atoms with E-state index in [1.165, 1.54) is 0 Å². The van der Waals surface area contributed by atoms with Crippen LogP contribution in [0.2, 0.25) is 0 Å². The highest BCUT2D eigenvalue weighted by atomic mass is 16.5. The van der Waals surface area contributed by atoms with Crippen LogP contribution >= 0.6 is 0 Å². The van der Waals surface area contributed by atoms with Gasteiger partial charge >= 0.3 is 6.01 Å². The molecule has 0 spiro atoms. The fraction of sp³-hybridized carbons (Fsp3) is 0.538. The lowest BCUT2D eigenvalue weighted by Gasteiger charge is -2.11. The summed E-state index contributed by atoms with van der Waals surface area (Å²) in [7, 11) is 0. The third-order valence-corrected chi connectivity index (χ3v) is 3.15. The average Bonchev–Trinajstić information content (AvgIpc) is 3.19. The second-order valence-corrected chi connectivity index (χ2v) is 4.78. The fourth-order valence-electron chi connectivity index (χ4n) is 2.05. The number of hydrogen-bond acceptors (Lipinski definition) is 7. The molecule has 3 heterocycles. The molecule has 1 aliphatic heterocycles. The molecule has 1 aliphatic rings. The van der Waals surface area contributed by atoms with E-state index in [0.717, 1.165) is 26.2 Å². The molecule has 2 aromatic rings. The smallest absolute Gasteiger partial charge is 0.323 e. The minimum atomic E-state index is 0.316. The number of nitrogens with one attached hydrogen (secondary N) is 1. The summed E-state index contributed by atoms with van der Waals surface area (Å²) in [5.74, 6) is 1.38. The lowest BCUT2D eigenvalue weighted by Crippen LogP contribution is -2.15. The lowest BCUT2D eigenvalue weighted by molar-refractivity contribution is 0.163. The van der Waals surface area contributed by atoms with E-state index in [0.29, 0.717) is 30.4 Å². The first-order valence-electron chi connectivity index (χ1n) is 7.04. The van der Waals surface area contributed by atoms with Crippen LogP contribution in [0, 0.1) is 5.92 Å². The van der Waals surface area contributed by atoms with Crippen LogP contribution in [0.25, 0.3) is 5.95 Å². The van der Waals surface area contributed by atoms with Gasteiger partial charge in [0.05, 0.1) is 13.2 Å². The normalized spacial score (nSPS) is 17.9. The number of aromatic nitrogens is 5. The summed E-state index contributed by atoms with van der Waals surface area (Å²) >= 11 is 0.